The zero-order valence-corrected chi connectivity index (χ0v) is 10.7. The van der Waals surface area contributed by atoms with Crippen LogP contribution < -0.4 is 0 Å². The van der Waals surface area contributed by atoms with Crippen LogP contribution in [-0.4, -0.2) is 5.78 Å². The largest absolute Gasteiger partial charge is 0.299 e. The van der Waals surface area contributed by atoms with Crippen molar-refractivity contribution in [2.45, 2.75) is 45.0 Å². The first-order valence-corrected chi connectivity index (χ1v) is 6.67. The first kappa shape index (κ1) is 14.1. The van der Waals surface area contributed by atoms with Gasteiger partial charge in [-0.05, 0) is 30.9 Å². The van der Waals surface area contributed by atoms with Gasteiger partial charge >= 0.3 is 0 Å². The number of hydrogen-bond donors (Lipinski definition) is 0. The van der Waals surface area contributed by atoms with Crippen LogP contribution in [0.5, 0.6) is 0 Å². The summed E-state index contributed by atoms with van der Waals surface area (Å²) in [5, 5.41) is 0. The quantitative estimate of drug-likeness (QED) is 0.772. The molecule has 1 aliphatic rings. The number of carbonyl (C=O) groups excluding carboxylic acids is 1. The lowest BCUT2D eigenvalue weighted by molar-refractivity contribution is -0.122. The number of benzene rings is 1. The standard InChI is InChI=1S/C15H17F3O/c16-13-9-10(5-7-12(13)15(17)18)6-8-14(19)11-3-1-2-4-11/h5,7,9,11,15H,1-4,6,8H2. The number of carbonyl (C=O) groups is 1. The van der Waals surface area contributed by atoms with Crippen molar-refractivity contribution in [2.75, 3.05) is 0 Å². The second-order valence-corrected chi connectivity index (χ2v) is 5.10. The first-order valence-electron chi connectivity index (χ1n) is 6.67. The van der Waals surface area contributed by atoms with E-state index in [1.165, 1.54) is 6.07 Å². The van der Waals surface area contributed by atoms with Gasteiger partial charge in [-0.2, -0.15) is 0 Å². The molecule has 0 bridgehead atoms. The number of rotatable bonds is 5. The van der Waals surface area contributed by atoms with E-state index in [-0.39, 0.29) is 11.7 Å². The van der Waals surface area contributed by atoms with E-state index in [9.17, 15) is 18.0 Å². The molecule has 1 nitrogen and oxygen atoms in total. The summed E-state index contributed by atoms with van der Waals surface area (Å²) in [6.45, 7) is 0. The van der Waals surface area contributed by atoms with E-state index in [2.05, 4.69) is 0 Å². The number of ketones is 1. The van der Waals surface area contributed by atoms with Crippen LogP contribution in [0.1, 0.15) is 49.7 Å². The van der Waals surface area contributed by atoms with Gasteiger partial charge < -0.3 is 0 Å². The van der Waals surface area contributed by atoms with Crippen molar-refractivity contribution >= 4 is 5.78 Å². The summed E-state index contributed by atoms with van der Waals surface area (Å²) >= 11 is 0. The molecule has 19 heavy (non-hydrogen) atoms. The molecule has 104 valence electrons. The predicted molar refractivity (Wildman–Crippen MR) is 66.6 cm³/mol. The molecule has 4 heteroatoms. The van der Waals surface area contributed by atoms with Gasteiger partial charge in [-0.25, -0.2) is 13.2 Å². The number of hydrogen-bond acceptors (Lipinski definition) is 1. The minimum Gasteiger partial charge on any atom is -0.299 e. The molecule has 0 aromatic heterocycles. The highest BCUT2D eigenvalue weighted by molar-refractivity contribution is 5.81. The molecule has 2 rings (SSSR count). The highest BCUT2D eigenvalue weighted by atomic mass is 19.3. The van der Waals surface area contributed by atoms with Crippen molar-refractivity contribution in [2.24, 2.45) is 5.92 Å². The van der Waals surface area contributed by atoms with E-state index in [0.29, 0.717) is 18.4 Å². The van der Waals surface area contributed by atoms with Gasteiger partial charge in [-0.1, -0.05) is 25.0 Å². The summed E-state index contributed by atoms with van der Waals surface area (Å²) in [6.07, 6.45) is 2.12. The fraction of sp³-hybridized carbons (Fsp3) is 0.533. The predicted octanol–water partition coefficient (Wildman–Crippen LogP) is 4.46. The van der Waals surface area contributed by atoms with Crippen LogP contribution in [0, 0.1) is 11.7 Å². The molecule has 0 N–H and O–H groups in total. The molecule has 1 aromatic rings. The number of alkyl halides is 2. The number of halogens is 3. The lowest BCUT2D eigenvalue weighted by Crippen LogP contribution is -2.11. The maximum Gasteiger partial charge on any atom is 0.266 e. The summed E-state index contributed by atoms with van der Waals surface area (Å²) in [6, 6.07) is 3.70. The van der Waals surface area contributed by atoms with Gasteiger partial charge in [0.2, 0.25) is 0 Å². The Morgan fingerprint density at radius 1 is 1.26 bits per heavy atom. The van der Waals surface area contributed by atoms with E-state index in [0.717, 1.165) is 37.8 Å². The van der Waals surface area contributed by atoms with E-state index < -0.39 is 17.8 Å². The second-order valence-electron chi connectivity index (χ2n) is 5.10. The van der Waals surface area contributed by atoms with E-state index in [1.54, 1.807) is 0 Å². The van der Waals surface area contributed by atoms with Crippen LogP contribution >= 0.6 is 0 Å². The smallest absolute Gasteiger partial charge is 0.266 e. The van der Waals surface area contributed by atoms with Gasteiger partial charge in [0.15, 0.2) is 0 Å². The van der Waals surface area contributed by atoms with Crippen LogP contribution in [0.15, 0.2) is 18.2 Å². The molecule has 0 saturated heterocycles. The zero-order valence-electron chi connectivity index (χ0n) is 10.7. The van der Waals surface area contributed by atoms with Gasteiger partial charge in [-0.3, -0.25) is 4.79 Å². The summed E-state index contributed by atoms with van der Waals surface area (Å²) in [4.78, 5) is 11.9. The first-order chi connectivity index (χ1) is 9.08. The third kappa shape index (κ3) is 3.58. The fourth-order valence-electron chi connectivity index (χ4n) is 2.62. The highest BCUT2D eigenvalue weighted by Gasteiger charge is 2.22. The molecule has 0 spiro atoms. The Bertz CT molecular complexity index is 451. The fourth-order valence-corrected chi connectivity index (χ4v) is 2.62. The molecule has 1 aliphatic carbocycles. The van der Waals surface area contributed by atoms with E-state index in [1.807, 2.05) is 0 Å². The van der Waals surface area contributed by atoms with Gasteiger partial charge in [0.1, 0.15) is 11.6 Å². The molecular formula is C15H17F3O. The Kier molecular flexibility index (Phi) is 4.61. The van der Waals surface area contributed by atoms with Gasteiger partial charge in [0.25, 0.3) is 6.43 Å². The molecular weight excluding hydrogens is 253 g/mol. The van der Waals surface area contributed by atoms with Crippen molar-refractivity contribution in [3.8, 4) is 0 Å². The van der Waals surface area contributed by atoms with E-state index in [4.69, 9.17) is 0 Å². The Morgan fingerprint density at radius 2 is 1.95 bits per heavy atom. The third-order valence-corrected chi connectivity index (χ3v) is 3.77. The van der Waals surface area contributed by atoms with Gasteiger partial charge in [-0.15, -0.1) is 0 Å². The monoisotopic (exact) mass is 270 g/mol. The third-order valence-electron chi connectivity index (χ3n) is 3.77. The molecule has 0 amide bonds. The molecule has 0 heterocycles. The minimum absolute atomic E-state index is 0.158. The molecule has 0 radical (unpaired) electrons. The maximum absolute atomic E-state index is 13.4. The van der Waals surface area contributed by atoms with Crippen LogP contribution in [0.4, 0.5) is 13.2 Å². The topological polar surface area (TPSA) is 17.1 Å². The Labute approximate surface area is 110 Å². The highest BCUT2D eigenvalue weighted by Crippen LogP contribution is 2.27. The number of aryl methyl sites for hydroxylation is 1. The zero-order chi connectivity index (χ0) is 13.8. The SMILES string of the molecule is O=C(CCc1ccc(C(F)F)c(F)c1)C1CCCC1. The summed E-state index contributed by atoms with van der Waals surface area (Å²) < 4.78 is 38.1. The summed E-state index contributed by atoms with van der Waals surface area (Å²) in [5.41, 5.74) is 0.0270. The van der Waals surface area contributed by atoms with Crippen molar-refractivity contribution in [1.82, 2.24) is 0 Å². The second kappa shape index (κ2) is 6.22. The maximum atomic E-state index is 13.4. The van der Waals surface area contributed by atoms with Crippen LogP contribution in [0.3, 0.4) is 0 Å². The summed E-state index contributed by atoms with van der Waals surface area (Å²) in [5.74, 6) is -0.512. The molecule has 1 saturated carbocycles. The average molecular weight is 270 g/mol. The lowest BCUT2D eigenvalue weighted by Gasteiger charge is -2.08. The lowest BCUT2D eigenvalue weighted by atomic mass is 9.96. The van der Waals surface area contributed by atoms with Crippen molar-refractivity contribution in [3.05, 3.63) is 35.1 Å². The Morgan fingerprint density at radius 3 is 2.53 bits per heavy atom. The van der Waals surface area contributed by atoms with Crippen molar-refractivity contribution < 1.29 is 18.0 Å². The minimum atomic E-state index is -2.80. The molecule has 1 fully saturated rings. The molecule has 0 unspecified atom stereocenters. The Balaban J connectivity index is 1.92. The van der Waals surface area contributed by atoms with E-state index >= 15 is 0 Å². The Hall–Kier alpha value is -1.32. The van der Waals surface area contributed by atoms with Crippen LogP contribution in [0.25, 0.3) is 0 Å². The number of Topliss-reactive ketones (excluding diaryl/α,β-unsaturated/α-hetero) is 1. The summed E-state index contributed by atoms with van der Waals surface area (Å²) in [7, 11) is 0. The average Bonchev–Trinajstić information content (AvgIpc) is 2.89. The van der Waals surface area contributed by atoms with Gasteiger partial charge in [0, 0.05) is 12.3 Å². The van der Waals surface area contributed by atoms with Crippen LogP contribution in [-0.2, 0) is 11.2 Å². The molecule has 0 aliphatic heterocycles. The van der Waals surface area contributed by atoms with Crippen molar-refractivity contribution in [1.29, 1.82) is 0 Å². The molecule has 0 atom stereocenters. The van der Waals surface area contributed by atoms with Crippen LogP contribution in [0.2, 0.25) is 0 Å². The van der Waals surface area contributed by atoms with Gasteiger partial charge in [0.05, 0.1) is 5.56 Å². The normalized spacial score (nSPS) is 16.2. The molecule has 1 aromatic carbocycles. The van der Waals surface area contributed by atoms with Crippen molar-refractivity contribution in [3.63, 3.8) is 0 Å².